The predicted molar refractivity (Wildman–Crippen MR) is 124 cm³/mol. The normalized spacial score (nSPS) is 12.0. The van der Waals surface area contributed by atoms with Crippen molar-refractivity contribution in [2.24, 2.45) is 10.2 Å². The van der Waals surface area contributed by atoms with Gasteiger partial charge in [0.15, 0.2) is 6.61 Å². The van der Waals surface area contributed by atoms with Gasteiger partial charge in [-0.05, 0) is 82.4 Å². The predicted octanol–water partition coefficient (Wildman–Crippen LogP) is 7.40. The Kier molecular flexibility index (Phi) is 7.74. The van der Waals surface area contributed by atoms with E-state index in [-0.39, 0.29) is 12.5 Å². The standard InChI is InChI=1S/C24H24BrN3O2/c1-3-17(2)18-9-14-23(22(25)15-18)30-16-24(29)26-19-10-12-21(13-11-19)28-27-20-7-5-4-6-8-20/h4-15,17H,3,16H2,1-2H3,(H,26,29). The highest BCUT2D eigenvalue weighted by Gasteiger charge is 2.09. The van der Waals surface area contributed by atoms with E-state index in [1.807, 2.05) is 48.5 Å². The summed E-state index contributed by atoms with van der Waals surface area (Å²) in [6, 6.07) is 22.7. The minimum atomic E-state index is -0.230. The number of halogens is 1. The van der Waals surface area contributed by atoms with E-state index in [0.29, 0.717) is 23.0 Å². The van der Waals surface area contributed by atoms with Crippen molar-refractivity contribution in [3.63, 3.8) is 0 Å². The number of rotatable bonds is 8. The summed E-state index contributed by atoms with van der Waals surface area (Å²) < 4.78 is 6.51. The van der Waals surface area contributed by atoms with E-state index in [1.54, 1.807) is 24.3 Å². The van der Waals surface area contributed by atoms with Gasteiger partial charge in [-0.15, -0.1) is 0 Å². The van der Waals surface area contributed by atoms with Crippen LogP contribution in [0.15, 0.2) is 87.5 Å². The first-order valence-corrected chi connectivity index (χ1v) is 10.6. The Balaban J connectivity index is 1.52. The van der Waals surface area contributed by atoms with Gasteiger partial charge in [-0.2, -0.15) is 10.2 Å². The summed E-state index contributed by atoms with van der Waals surface area (Å²) in [4.78, 5) is 12.2. The van der Waals surface area contributed by atoms with Crippen molar-refractivity contribution in [3.05, 3.63) is 82.8 Å². The minimum Gasteiger partial charge on any atom is -0.483 e. The van der Waals surface area contributed by atoms with Gasteiger partial charge in [0.2, 0.25) is 0 Å². The van der Waals surface area contributed by atoms with E-state index >= 15 is 0 Å². The molecule has 0 saturated heterocycles. The molecule has 3 aromatic rings. The van der Waals surface area contributed by atoms with Crippen LogP contribution in [0.4, 0.5) is 17.1 Å². The van der Waals surface area contributed by atoms with Crippen LogP contribution in [0.2, 0.25) is 0 Å². The molecule has 0 aliphatic rings. The summed E-state index contributed by atoms with van der Waals surface area (Å²) in [5.74, 6) is 0.897. The number of amides is 1. The zero-order valence-electron chi connectivity index (χ0n) is 17.0. The van der Waals surface area contributed by atoms with E-state index in [0.717, 1.165) is 16.6 Å². The van der Waals surface area contributed by atoms with Crippen LogP contribution in [0.25, 0.3) is 0 Å². The topological polar surface area (TPSA) is 63.0 Å². The fraction of sp³-hybridized carbons (Fsp3) is 0.208. The molecule has 0 aliphatic carbocycles. The largest absolute Gasteiger partial charge is 0.483 e. The zero-order valence-corrected chi connectivity index (χ0v) is 18.6. The van der Waals surface area contributed by atoms with E-state index in [9.17, 15) is 4.79 Å². The van der Waals surface area contributed by atoms with Crippen LogP contribution in [0.1, 0.15) is 31.7 Å². The highest BCUT2D eigenvalue weighted by atomic mass is 79.9. The Morgan fingerprint density at radius 1 is 1.00 bits per heavy atom. The third-order valence-corrected chi connectivity index (χ3v) is 5.30. The molecule has 1 N–H and O–H groups in total. The first kappa shape index (κ1) is 21.7. The van der Waals surface area contributed by atoms with Gasteiger partial charge in [-0.25, -0.2) is 0 Å². The highest BCUT2D eigenvalue weighted by Crippen LogP contribution is 2.30. The number of anilines is 1. The van der Waals surface area contributed by atoms with Crippen LogP contribution in [0.5, 0.6) is 5.75 Å². The molecular formula is C24H24BrN3O2. The van der Waals surface area contributed by atoms with Crippen molar-refractivity contribution >= 4 is 38.9 Å². The van der Waals surface area contributed by atoms with Crippen molar-refractivity contribution in [2.45, 2.75) is 26.2 Å². The number of ether oxygens (including phenoxy) is 1. The SMILES string of the molecule is CCC(C)c1ccc(OCC(=O)Nc2ccc(N=Nc3ccccc3)cc2)c(Br)c1. The Morgan fingerprint density at radius 3 is 2.30 bits per heavy atom. The highest BCUT2D eigenvalue weighted by molar-refractivity contribution is 9.10. The average Bonchev–Trinajstić information content (AvgIpc) is 2.78. The summed E-state index contributed by atoms with van der Waals surface area (Å²) in [5, 5.41) is 11.2. The number of hydrogen-bond donors (Lipinski definition) is 1. The molecule has 1 atom stereocenters. The Hall–Kier alpha value is -2.99. The quantitative estimate of drug-likeness (QED) is 0.352. The molecule has 0 aromatic heterocycles. The second-order valence-corrected chi connectivity index (χ2v) is 7.77. The first-order chi connectivity index (χ1) is 14.5. The summed E-state index contributed by atoms with van der Waals surface area (Å²) in [6.45, 7) is 4.27. The molecule has 0 saturated carbocycles. The number of hydrogen-bond acceptors (Lipinski definition) is 4. The molecule has 0 spiro atoms. The third kappa shape index (κ3) is 6.26. The molecule has 0 fully saturated rings. The number of nitrogens with zero attached hydrogens (tertiary/aromatic N) is 2. The molecule has 0 bridgehead atoms. The molecule has 1 amide bonds. The van der Waals surface area contributed by atoms with Gasteiger partial charge in [0.05, 0.1) is 15.8 Å². The molecule has 3 aromatic carbocycles. The van der Waals surface area contributed by atoms with Gasteiger partial charge in [0, 0.05) is 5.69 Å². The Morgan fingerprint density at radius 2 is 1.67 bits per heavy atom. The van der Waals surface area contributed by atoms with Gasteiger partial charge in [0.1, 0.15) is 5.75 Å². The fourth-order valence-electron chi connectivity index (χ4n) is 2.74. The van der Waals surface area contributed by atoms with Crippen LogP contribution in [-0.4, -0.2) is 12.5 Å². The average molecular weight is 466 g/mol. The smallest absolute Gasteiger partial charge is 0.262 e. The van der Waals surface area contributed by atoms with Crippen LogP contribution in [-0.2, 0) is 4.79 Å². The van der Waals surface area contributed by atoms with Crippen LogP contribution in [0.3, 0.4) is 0 Å². The molecule has 5 nitrogen and oxygen atoms in total. The zero-order chi connectivity index (χ0) is 21.3. The lowest BCUT2D eigenvalue weighted by Gasteiger charge is -2.13. The number of nitrogens with one attached hydrogen (secondary N) is 1. The summed E-state index contributed by atoms with van der Waals surface area (Å²) >= 11 is 3.53. The lowest BCUT2D eigenvalue weighted by molar-refractivity contribution is -0.118. The summed E-state index contributed by atoms with van der Waals surface area (Å²) in [6.07, 6.45) is 1.07. The molecular weight excluding hydrogens is 442 g/mol. The van der Waals surface area contributed by atoms with Crippen molar-refractivity contribution in [3.8, 4) is 5.75 Å². The third-order valence-electron chi connectivity index (χ3n) is 4.68. The summed E-state index contributed by atoms with van der Waals surface area (Å²) in [5.41, 5.74) is 3.41. The van der Waals surface area contributed by atoms with Crippen molar-refractivity contribution in [1.82, 2.24) is 0 Å². The van der Waals surface area contributed by atoms with Crippen molar-refractivity contribution in [2.75, 3.05) is 11.9 Å². The fourth-order valence-corrected chi connectivity index (χ4v) is 3.25. The van der Waals surface area contributed by atoms with Crippen LogP contribution >= 0.6 is 15.9 Å². The van der Waals surface area contributed by atoms with Gasteiger partial charge < -0.3 is 10.1 Å². The molecule has 0 heterocycles. The molecule has 0 radical (unpaired) electrons. The molecule has 0 aliphatic heterocycles. The Bertz CT molecular complexity index is 1000. The van der Waals surface area contributed by atoms with Gasteiger partial charge in [-0.1, -0.05) is 38.1 Å². The molecule has 6 heteroatoms. The molecule has 154 valence electrons. The number of azo groups is 1. The maximum atomic E-state index is 12.2. The van der Waals surface area contributed by atoms with E-state index in [4.69, 9.17) is 4.74 Å². The van der Waals surface area contributed by atoms with Crippen LogP contribution in [0, 0.1) is 0 Å². The number of carbonyl (C=O) groups is 1. The lowest BCUT2D eigenvalue weighted by atomic mass is 9.99. The lowest BCUT2D eigenvalue weighted by Crippen LogP contribution is -2.20. The van der Waals surface area contributed by atoms with E-state index in [1.165, 1.54) is 5.56 Å². The minimum absolute atomic E-state index is 0.0727. The van der Waals surface area contributed by atoms with Gasteiger partial charge in [0.25, 0.3) is 5.91 Å². The maximum absolute atomic E-state index is 12.2. The first-order valence-electron chi connectivity index (χ1n) is 9.84. The Labute approximate surface area is 185 Å². The second-order valence-electron chi connectivity index (χ2n) is 6.92. The van der Waals surface area contributed by atoms with E-state index < -0.39 is 0 Å². The van der Waals surface area contributed by atoms with Crippen molar-refractivity contribution in [1.29, 1.82) is 0 Å². The molecule has 3 rings (SSSR count). The van der Waals surface area contributed by atoms with Crippen LogP contribution < -0.4 is 10.1 Å². The maximum Gasteiger partial charge on any atom is 0.262 e. The van der Waals surface area contributed by atoms with Gasteiger partial charge >= 0.3 is 0 Å². The monoisotopic (exact) mass is 465 g/mol. The van der Waals surface area contributed by atoms with Crippen molar-refractivity contribution < 1.29 is 9.53 Å². The second kappa shape index (κ2) is 10.7. The number of benzene rings is 3. The summed E-state index contributed by atoms with van der Waals surface area (Å²) in [7, 11) is 0. The van der Waals surface area contributed by atoms with E-state index in [2.05, 4.69) is 45.3 Å². The molecule has 1 unspecified atom stereocenters. The van der Waals surface area contributed by atoms with Gasteiger partial charge in [-0.3, -0.25) is 4.79 Å². The molecule has 30 heavy (non-hydrogen) atoms. The number of carbonyl (C=O) groups excluding carboxylic acids is 1.